The van der Waals surface area contributed by atoms with Gasteiger partial charge in [0.1, 0.15) is 6.04 Å². The molecule has 0 radical (unpaired) electrons. The van der Waals surface area contributed by atoms with Crippen molar-refractivity contribution in [2.45, 2.75) is 18.2 Å². The van der Waals surface area contributed by atoms with Crippen LogP contribution in [-0.2, 0) is 4.79 Å². The van der Waals surface area contributed by atoms with Gasteiger partial charge in [-0.3, -0.25) is 4.79 Å². The lowest BCUT2D eigenvalue weighted by Crippen LogP contribution is -2.45. The van der Waals surface area contributed by atoms with E-state index in [9.17, 15) is 4.79 Å². The zero-order chi connectivity index (χ0) is 7.56. The van der Waals surface area contributed by atoms with Gasteiger partial charge in [0.15, 0.2) is 0 Å². The second kappa shape index (κ2) is 3.25. The minimum atomic E-state index is -0.737. The SMILES string of the molecule is CC1CNC(C(=O)O)CS1. The Morgan fingerprint density at radius 2 is 2.50 bits per heavy atom. The molecule has 2 N–H and O–H groups in total. The van der Waals surface area contributed by atoms with E-state index in [2.05, 4.69) is 12.2 Å². The molecule has 1 saturated heterocycles. The summed E-state index contributed by atoms with van der Waals surface area (Å²) in [6, 6.07) is -0.332. The first-order chi connectivity index (χ1) is 4.70. The number of nitrogens with one attached hydrogen (secondary N) is 1. The zero-order valence-corrected chi connectivity index (χ0v) is 6.65. The third-order valence-corrected chi connectivity index (χ3v) is 2.76. The van der Waals surface area contributed by atoms with Crippen molar-refractivity contribution in [2.24, 2.45) is 0 Å². The van der Waals surface area contributed by atoms with E-state index in [1.165, 1.54) is 0 Å². The van der Waals surface area contributed by atoms with Crippen LogP contribution in [0.5, 0.6) is 0 Å². The summed E-state index contributed by atoms with van der Waals surface area (Å²) < 4.78 is 0. The van der Waals surface area contributed by atoms with Gasteiger partial charge in [0, 0.05) is 17.5 Å². The number of rotatable bonds is 1. The second-order valence-electron chi connectivity index (χ2n) is 2.44. The summed E-state index contributed by atoms with van der Waals surface area (Å²) in [4.78, 5) is 10.4. The maximum atomic E-state index is 10.4. The van der Waals surface area contributed by atoms with Crippen LogP contribution in [0.25, 0.3) is 0 Å². The average molecular weight is 161 g/mol. The second-order valence-corrected chi connectivity index (χ2v) is 3.91. The minimum absolute atomic E-state index is 0.332. The maximum Gasteiger partial charge on any atom is 0.321 e. The Morgan fingerprint density at radius 3 is 2.90 bits per heavy atom. The molecule has 0 aromatic rings. The fraction of sp³-hybridized carbons (Fsp3) is 0.833. The summed E-state index contributed by atoms with van der Waals surface area (Å²) >= 11 is 1.71. The molecular weight excluding hydrogens is 150 g/mol. The fourth-order valence-electron chi connectivity index (χ4n) is 0.845. The topological polar surface area (TPSA) is 49.3 Å². The Morgan fingerprint density at radius 1 is 1.80 bits per heavy atom. The summed E-state index contributed by atoms with van der Waals surface area (Å²) in [5, 5.41) is 12.0. The number of hydrogen-bond donors (Lipinski definition) is 2. The van der Waals surface area contributed by atoms with E-state index in [1.54, 1.807) is 11.8 Å². The van der Waals surface area contributed by atoms with Gasteiger partial charge < -0.3 is 10.4 Å². The normalized spacial score (nSPS) is 33.7. The van der Waals surface area contributed by atoms with Crippen LogP contribution in [0.2, 0.25) is 0 Å². The molecule has 1 aliphatic heterocycles. The van der Waals surface area contributed by atoms with Gasteiger partial charge in [-0.05, 0) is 0 Å². The average Bonchev–Trinajstić information content (AvgIpc) is 1.88. The van der Waals surface area contributed by atoms with Gasteiger partial charge in [-0.15, -0.1) is 0 Å². The molecule has 10 heavy (non-hydrogen) atoms. The molecule has 0 aliphatic carbocycles. The molecule has 1 aliphatic rings. The van der Waals surface area contributed by atoms with Crippen molar-refractivity contribution >= 4 is 17.7 Å². The van der Waals surface area contributed by atoms with E-state index < -0.39 is 5.97 Å². The first-order valence-corrected chi connectivity index (χ1v) is 4.33. The highest BCUT2D eigenvalue weighted by Crippen LogP contribution is 2.15. The highest BCUT2D eigenvalue weighted by Gasteiger charge is 2.22. The minimum Gasteiger partial charge on any atom is -0.480 e. The number of carboxylic acid groups (broad SMARTS) is 1. The Kier molecular flexibility index (Phi) is 2.56. The number of thioether (sulfide) groups is 1. The highest BCUT2D eigenvalue weighted by atomic mass is 32.2. The Balaban J connectivity index is 2.33. The molecule has 2 unspecified atom stereocenters. The molecule has 58 valence electrons. The molecular formula is C6H11NO2S. The molecule has 0 aromatic heterocycles. The molecule has 0 bridgehead atoms. The van der Waals surface area contributed by atoms with Crippen molar-refractivity contribution in [3.63, 3.8) is 0 Å². The number of carboxylic acids is 1. The summed E-state index contributed by atoms with van der Waals surface area (Å²) in [6.07, 6.45) is 0. The fourth-order valence-corrected chi connectivity index (χ4v) is 1.84. The lowest BCUT2D eigenvalue weighted by molar-refractivity contribution is -0.138. The van der Waals surface area contributed by atoms with E-state index in [1.807, 2.05) is 0 Å². The van der Waals surface area contributed by atoms with Crippen molar-refractivity contribution in [1.82, 2.24) is 5.32 Å². The predicted octanol–water partition coefficient (Wildman–Crippen LogP) is 0.165. The standard InChI is InChI=1S/C6H11NO2S/c1-4-2-7-5(3-10-4)6(8)9/h4-5,7H,2-3H2,1H3,(H,8,9). The van der Waals surface area contributed by atoms with Crippen LogP contribution in [0.4, 0.5) is 0 Å². The smallest absolute Gasteiger partial charge is 0.321 e. The van der Waals surface area contributed by atoms with Crippen LogP contribution < -0.4 is 5.32 Å². The lowest BCUT2D eigenvalue weighted by atomic mass is 10.3. The van der Waals surface area contributed by atoms with Gasteiger partial charge in [0.25, 0.3) is 0 Å². The number of carbonyl (C=O) groups is 1. The van der Waals surface area contributed by atoms with Crippen LogP contribution in [-0.4, -0.2) is 34.7 Å². The van der Waals surface area contributed by atoms with Crippen molar-refractivity contribution in [3.05, 3.63) is 0 Å². The lowest BCUT2D eigenvalue weighted by Gasteiger charge is -2.23. The van der Waals surface area contributed by atoms with Gasteiger partial charge >= 0.3 is 5.97 Å². The van der Waals surface area contributed by atoms with E-state index >= 15 is 0 Å². The quantitative estimate of drug-likeness (QED) is 0.575. The third-order valence-electron chi connectivity index (χ3n) is 1.50. The van der Waals surface area contributed by atoms with Crippen molar-refractivity contribution < 1.29 is 9.90 Å². The van der Waals surface area contributed by atoms with Gasteiger partial charge in [-0.2, -0.15) is 11.8 Å². The summed E-state index contributed by atoms with van der Waals surface area (Å²) in [6.45, 7) is 2.90. The first-order valence-electron chi connectivity index (χ1n) is 3.28. The Hall–Kier alpha value is -0.220. The zero-order valence-electron chi connectivity index (χ0n) is 5.83. The van der Waals surface area contributed by atoms with Crippen LogP contribution in [0.15, 0.2) is 0 Å². The monoisotopic (exact) mass is 161 g/mol. The molecule has 0 spiro atoms. The summed E-state index contributed by atoms with van der Waals surface area (Å²) in [5.74, 6) is -0.0457. The molecule has 1 heterocycles. The molecule has 1 rings (SSSR count). The van der Waals surface area contributed by atoms with Crippen molar-refractivity contribution in [2.75, 3.05) is 12.3 Å². The van der Waals surface area contributed by atoms with Crippen LogP contribution in [0.1, 0.15) is 6.92 Å². The van der Waals surface area contributed by atoms with E-state index in [0.717, 1.165) is 6.54 Å². The molecule has 0 amide bonds. The van der Waals surface area contributed by atoms with Crippen LogP contribution in [0.3, 0.4) is 0 Å². The van der Waals surface area contributed by atoms with E-state index in [0.29, 0.717) is 11.0 Å². The number of hydrogen-bond acceptors (Lipinski definition) is 3. The largest absolute Gasteiger partial charge is 0.480 e. The molecule has 0 saturated carbocycles. The Labute approximate surface area is 64.2 Å². The first kappa shape index (κ1) is 7.88. The van der Waals surface area contributed by atoms with Gasteiger partial charge in [-0.1, -0.05) is 6.92 Å². The van der Waals surface area contributed by atoms with Gasteiger partial charge in [0.05, 0.1) is 0 Å². The van der Waals surface area contributed by atoms with Gasteiger partial charge in [0.2, 0.25) is 0 Å². The van der Waals surface area contributed by atoms with E-state index in [-0.39, 0.29) is 6.04 Å². The van der Waals surface area contributed by atoms with E-state index in [4.69, 9.17) is 5.11 Å². The van der Waals surface area contributed by atoms with Gasteiger partial charge in [-0.25, -0.2) is 0 Å². The number of aliphatic carboxylic acids is 1. The molecule has 0 aromatic carbocycles. The molecule has 2 atom stereocenters. The molecule has 3 nitrogen and oxygen atoms in total. The molecule has 4 heteroatoms. The Bertz CT molecular complexity index is 132. The summed E-state index contributed by atoms with van der Waals surface area (Å²) in [5.41, 5.74) is 0. The van der Waals surface area contributed by atoms with Crippen molar-refractivity contribution in [3.8, 4) is 0 Å². The van der Waals surface area contributed by atoms with Crippen LogP contribution in [0, 0.1) is 0 Å². The molecule has 1 fully saturated rings. The maximum absolute atomic E-state index is 10.4. The third kappa shape index (κ3) is 1.88. The highest BCUT2D eigenvalue weighted by molar-refractivity contribution is 8.00. The predicted molar refractivity (Wildman–Crippen MR) is 41.3 cm³/mol. The van der Waals surface area contributed by atoms with Crippen molar-refractivity contribution in [1.29, 1.82) is 0 Å². The summed E-state index contributed by atoms with van der Waals surface area (Å²) in [7, 11) is 0. The van der Waals surface area contributed by atoms with Crippen LogP contribution >= 0.6 is 11.8 Å².